The lowest BCUT2D eigenvalue weighted by atomic mass is 10.1. The number of fused-ring (bicyclic) bond motifs is 1. The highest BCUT2D eigenvalue weighted by atomic mass is 16.1. The van der Waals surface area contributed by atoms with Gasteiger partial charge in [-0.2, -0.15) is 0 Å². The number of aryl methyl sites for hydroxylation is 2. The molecule has 25 heavy (non-hydrogen) atoms. The van der Waals surface area contributed by atoms with Crippen LogP contribution in [-0.4, -0.2) is 27.7 Å². The number of rotatable bonds is 4. The van der Waals surface area contributed by atoms with E-state index in [0.29, 0.717) is 6.67 Å². The van der Waals surface area contributed by atoms with Gasteiger partial charge >= 0.3 is 0 Å². The summed E-state index contributed by atoms with van der Waals surface area (Å²) in [5.74, 6) is 0.759. The van der Waals surface area contributed by atoms with Crippen molar-refractivity contribution in [3.63, 3.8) is 0 Å². The molecule has 0 aliphatic carbocycles. The molecule has 2 heterocycles. The lowest BCUT2D eigenvalue weighted by Crippen LogP contribution is -2.48. The summed E-state index contributed by atoms with van der Waals surface area (Å²) in [5, 5.41) is 0. The molecule has 0 fully saturated rings. The maximum Gasteiger partial charge on any atom is 0.259 e. The number of hydrogen-bond acceptors (Lipinski definition) is 4. The third-order valence-corrected chi connectivity index (χ3v) is 5.24. The van der Waals surface area contributed by atoms with E-state index < -0.39 is 0 Å². The zero-order chi connectivity index (χ0) is 18.1. The summed E-state index contributed by atoms with van der Waals surface area (Å²) in [6.07, 6.45) is 2.27. The Labute approximate surface area is 149 Å². The number of benzene rings is 1. The maximum absolute atomic E-state index is 12.9. The van der Waals surface area contributed by atoms with Crippen molar-refractivity contribution in [2.45, 2.75) is 54.1 Å². The molecule has 5 heteroatoms. The smallest absolute Gasteiger partial charge is 0.259 e. The second kappa shape index (κ2) is 7.00. The lowest BCUT2D eigenvalue weighted by molar-refractivity contribution is 0.195. The average Bonchev–Trinajstić information content (AvgIpc) is 2.60. The zero-order valence-corrected chi connectivity index (χ0v) is 16.0. The molecular formula is C20H28N4O. The largest absolute Gasteiger partial charge is 0.298 e. The minimum atomic E-state index is 0.0685. The van der Waals surface area contributed by atoms with Crippen molar-refractivity contribution in [3.05, 3.63) is 50.9 Å². The Morgan fingerprint density at radius 2 is 1.84 bits per heavy atom. The van der Waals surface area contributed by atoms with Crippen LogP contribution in [-0.2, 0) is 6.67 Å². The number of aromatic nitrogens is 2. The predicted molar refractivity (Wildman–Crippen MR) is 103 cm³/mol. The van der Waals surface area contributed by atoms with Crippen LogP contribution in [0.25, 0.3) is 0 Å². The summed E-state index contributed by atoms with van der Waals surface area (Å²) >= 11 is 0. The molecule has 1 aromatic heterocycles. The van der Waals surface area contributed by atoms with Crippen LogP contribution in [0.1, 0.15) is 42.1 Å². The molecule has 1 aliphatic rings. The molecule has 0 atom stereocenters. The minimum Gasteiger partial charge on any atom is -0.298 e. The van der Waals surface area contributed by atoms with E-state index in [-0.39, 0.29) is 5.56 Å². The third-order valence-electron chi connectivity index (χ3n) is 5.24. The van der Waals surface area contributed by atoms with Crippen molar-refractivity contribution in [2.75, 3.05) is 18.1 Å². The van der Waals surface area contributed by atoms with Crippen LogP contribution in [0.15, 0.2) is 23.0 Å². The molecule has 2 aromatic rings. The zero-order valence-electron chi connectivity index (χ0n) is 16.0. The SMILES string of the molecule is CCCCN1CN(c2cccc(C)c2C)c2nc(C)c(C)c(=O)n2C1. The van der Waals surface area contributed by atoms with Gasteiger partial charge in [0.15, 0.2) is 0 Å². The second-order valence-corrected chi connectivity index (χ2v) is 7.03. The highest BCUT2D eigenvalue weighted by Gasteiger charge is 2.27. The van der Waals surface area contributed by atoms with E-state index in [1.807, 2.05) is 18.4 Å². The molecule has 0 bridgehead atoms. The third kappa shape index (κ3) is 3.21. The quantitative estimate of drug-likeness (QED) is 0.852. The summed E-state index contributed by atoms with van der Waals surface area (Å²) in [6.45, 7) is 12.6. The first-order valence-electron chi connectivity index (χ1n) is 9.08. The molecule has 134 valence electrons. The fourth-order valence-corrected chi connectivity index (χ4v) is 3.32. The summed E-state index contributed by atoms with van der Waals surface area (Å²) in [6, 6.07) is 6.32. The van der Waals surface area contributed by atoms with Gasteiger partial charge in [0.25, 0.3) is 5.56 Å². The highest BCUT2D eigenvalue weighted by molar-refractivity contribution is 5.64. The van der Waals surface area contributed by atoms with Crippen molar-refractivity contribution in [1.82, 2.24) is 14.5 Å². The van der Waals surface area contributed by atoms with E-state index in [1.54, 1.807) is 0 Å². The van der Waals surface area contributed by atoms with Gasteiger partial charge in [0.05, 0.1) is 13.3 Å². The van der Waals surface area contributed by atoms with Crippen molar-refractivity contribution < 1.29 is 0 Å². The minimum absolute atomic E-state index is 0.0685. The first kappa shape index (κ1) is 17.7. The standard InChI is InChI=1S/C20H28N4O/c1-6-7-11-22-12-23(18-10-8-9-14(2)15(18)3)20-21-17(5)16(4)19(25)24(20)13-22/h8-10H,6-7,11-13H2,1-5H3. The monoisotopic (exact) mass is 340 g/mol. The number of unbranched alkanes of at least 4 members (excludes halogenated alkanes) is 1. The molecule has 0 saturated carbocycles. The van der Waals surface area contributed by atoms with Gasteiger partial charge in [0.2, 0.25) is 5.95 Å². The molecular weight excluding hydrogens is 312 g/mol. The normalized spacial score (nSPS) is 14.7. The maximum atomic E-state index is 12.9. The van der Waals surface area contributed by atoms with E-state index in [0.717, 1.165) is 48.9 Å². The number of anilines is 2. The van der Waals surface area contributed by atoms with Gasteiger partial charge in [-0.25, -0.2) is 4.98 Å². The average molecular weight is 340 g/mol. The van der Waals surface area contributed by atoms with Gasteiger partial charge < -0.3 is 0 Å². The van der Waals surface area contributed by atoms with Crippen LogP contribution in [0.5, 0.6) is 0 Å². The van der Waals surface area contributed by atoms with E-state index in [2.05, 4.69) is 48.8 Å². The summed E-state index contributed by atoms with van der Waals surface area (Å²) < 4.78 is 1.82. The summed E-state index contributed by atoms with van der Waals surface area (Å²) in [7, 11) is 0. The fourth-order valence-electron chi connectivity index (χ4n) is 3.32. The topological polar surface area (TPSA) is 41.4 Å². The Bertz CT molecular complexity index is 840. The number of hydrogen-bond donors (Lipinski definition) is 0. The molecule has 0 N–H and O–H groups in total. The summed E-state index contributed by atoms with van der Waals surface area (Å²) in [5.41, 5.74) is 5.24. The van der Waals surface area contributed by atoms with Crippen molar-refractivity contribution in [2.24, 2.45) is 0 Å². The molecule has 0 unspecified atom stereocenters. The highest BCUT2D eigenvalue weighted by Crippen LogP contribution is 2.31. The molecule has 1 aromatic carbocycles. The predicted octanol–water partition coefficient (Wildman–Crippen LogP) is 3.65. The molecule has 0 spiro atoms. The first-order chi connectivity index (χ1) is 11.9. The van der Waals surface area contributed by atoms with Crippen LogP contribution in [0, 0.1) is 27.7 Å². The Balaban J connectivity index is 2.14. The molecule has 0 saturated heterocycles. The molecule has 0 radical (unpaired) electrons. The first-order valence-corrected chi connectivity index (χ1v) is 9.08. The van der Waals surface area contributed by atoms with Crippen LogP contribution < -0.4 is 10.5 Å². The second-order valence-electron chi connectivity index (χ2n) is 7.03. The van der Waals surface area contributed by atoms with E-state index in [1.165, 1.54) is 11.1 Å². The van der Waals surface area contributed by atoms with Crippen LogP contribution in [0.4, 0.5) is 11.6 Å². The van der Waals surface area contributed by atoms with Gasteiger partial charge in [0.1, 0.15) is 0 Å². The van der Waals surface area contributed by atoms with Gasteiger partial charge in [-0.1, -0.05) is 25.5 Å². The molecule has 5 nitrogen and oxygen atoms in total. The van der Waals surface area contributed by atoms with Gasteiger partial charge in [0, 0.05) is 23.5 Å². The van der Waals surface area contributed by atoms with E-state index >= 15 is 0 Å². The fraction of sp³-hybridized carbons (Fsp3) is 0.500. The molecule has 1 aliphatic heterocycles. The van der Waals surface area contributed by atoms with Crippen LogP contribution in [0.2, 0.25) is 0 Å². The van der Waals surface area contributed by atoms with Crippen LogP contribution in [0.3, 0.4) is 0 Å². The lowest BCUT2D eigenvalue weighted by Gasteiger charge is -2.39. The van der Waals surface area contributed by atoms with Crippen molar-refractivity contribution >= 4 is 11.6 Å². The van der Waals surface area contributed by atoms with E-state index in [4.69, 9.17) is 4.98 Å². The van der Waals surface area contributed by atoms with Gasteiger partial charge in [-0.3, -0.25) is 19.2 Å². The molecule has 0 amide bonds. The Hall–Kier alpha value is -2.14. The van der Waals surface area contributed by atoms with Crippen molar-refractivity contribution in [1.29, 1.82) is 0 Å². The summed E-state index contributed by atoms with van der Waals surface area (Å²) in [4.78, 5) is 22.2. The van der Waals surface area contributed by atoms with Gasteiger partial charge in [-0.05, 0) is 51.3 Å². The number of nitrogens with zero attached hydrogens (tertiary/aromatic N) is 4. The Morgan fingerprint density at radius 3 is 2.56 bits per heavy atom. The molecule has 3 rings (SSSR count). The van der Waals surface area contributed by atoms with Gasteiger partial charge in [-0.15, -0.1) is 0 Å². The van der Waals surface area contributed by atoms with Crippen LogP contribution >= 0.6 is 0 Å². The van der Waals surface area contributed by atoms with E-state index in [9.17, 15) is 4.79 Å². The Kier molecular flexibility index (Phi) is 4.95. The van der Waals surface area contributed by atoms with Crippen molar-refractivity contribution in [3.8, 4) is 0 Å². The Morgan fingerprint density at radius 1 is 1.08 bits per heavy atom.